The SMILES string of the molecule is COc1ccc(-c2nnc(N[C@H](C)C(=O)N3CCC4(CC3)CC4)o2)nc1. The third-order valence-electron chi connectivity index (χ3n) is 5.42. The number of aromatic nitrogens is 3. The molecule has 0 aromatic carbocycles. The molecule has 8 heteroatoms. The fourth-order valence-corrected chi connectivity index (χ4v) is 3.41. The first kappa shape index (κ1) is 16.8. The van der Waals surface area contributed by atoms with Gasteiger partial charge < -0.3 is 19.4 Å². The average molecular weight is 357 g/mol. The highest BCUT2D eigenvalue weighted by Gasteiger charge is 2.45. The van der Waals surface area contributed by atoms with Crippen molar-refractivity contribution in [1.82, 2.24) is 20.1 Å². The molecule has 3 heterocycles. The Bertz CT molecular complexity index is 774. The van der Waals surface area contributed by atoms with Crippen LogP contribution >= 0.6 is 0 Å². The van der Waals surface area contributed by atoms with Gasteiger partial charge in [-0.1, -0.05) is 5.10 Å². The third-order valence-corrected chi connectivity index (χ3v) is 5.42. The van der Waals surface area contributed by atoms with Gasteiger partial charge in [0.05, 0.1) is 13.3 Å². The van der Waals surface area contributed by atoms with Crippen LogP contribution in [0.3, 0.4) is 0 Å². The Labute approximate surface area is 151 Å². The number of anilines is 1. The van der Waals surface area contributed by atoms with Crippen molar-refractivity contribution in [2.45, 2.75) is 38.6 Å². The summed E-state index contributed by atoms with van der Waals surface area (Å²) < 4.78 is 10.7. The highest BCUT2D eigenvalue weighted by Crippen LogP contribution is 2.53. The average Bonchev–Trinajstić information content (AvgIpc) is 3.26. The standard InChI is InChI=1S/C18H23N5O3/c1-12(16(24)23-9-7-18(5-6-18)8-10-23)20-17-22-21-15(26-17)14-4-3-13(25-2)11-19-14/h3-4,11-12H,5-10H2,1-2H3,(H,20,22)/t12-/m1/s1. The minimum absolute atomic E-state index is 0.0721. The zero-order valence-corrected chi connectivity index (χ0v) is 15.1. The van der Waals surface area contributed by atoms with Crippen LogP contribution in [0.4, 0.5) is 6.01 Å². The lowest BCUT2D eigenvalue weighted by atomic mass is 9.93. The van der Waals surface area contributed by atoms with Gasteiger partial charge in [-0.3, -0.25) is 4.79 Å². The summed E-state index contributed by atoms with van der Waals surface area (Å²) >= 11 is 0. The number of carbonyl (C=O) groups is 1. The molecule has 1 aliphatic carbocycles. The Kier molecular flexibility index (Phi) is 4.26. The number of rotatable bonds is 5. The highest BCUT2D eigenvalue weighted by molar-refractivity contribution is 5.83. The number of nitrogens with zero attached hydrogens (tertiary/aromatic N) is 4. The summed E-state index contributed by atoms with van der Waals surface area (Å²) in [6.45, 7) is 3.50. The highest BCUT2D eigenvalue weighted by atomic mass is 16.5. The number of hydrogen-bond donors (Lipinski definition) is 1. The molecule has 1 saturated heterocycles. The van der Waals surface area contributed by atoms with E-state index in [1.165, 1.54) is 12.8 Å². The van der Waals surface area contributed by atoms with Gasteiger partial charge in [0.15, 0.2) is 0 Å². The molecule has 2 aromatic rings. The van der Waals surface area contributed by atoms with E-state index in [9.17, 15) is 4.79 Å². The van der Waals surface area contributed by atoms with Crippen LogP contribution in [-0.2, 0) is 4.79 Å². The normalized spacial score (nSPS) is 19.2. The number of nitrogens with one attached hydrogen (secondary N) is 1. The molecule has 1 aliphatic heterocycles. The van der Waals surface area contributed by atoms with Crippen LogP contribution in [0.1, 0.15) is 32.6 Å². The molecular formula is C18H23N5O3. The fraction of sp³-hybridized carbons (Fsp3) is 0.556. The molecule has 2 aromatic heterocycles. The number of piperidine rings is 1. The molecule has 1 amide bonds. The second-order valence-electron chi connectivity index (χ2n) is 7.19. The van der Waals surface area contributed by atoms with Crippen molar-refractivity contribution in [2.24, 2.45) is 5.41 Å². The maximum atomic E-state index is 12.6. The van der Waals surface area contributed by atoms with Crippen LogP contribution in [-0.4, -0.2) is 52.2 Å². The number of ether oxygens (including phenoxy) is 1. The predicted molar refractivity (Wildman–Crippen MR) is 94.6 cm³/mol. The van der Waals surface area contributed by atoms with Crippen molar-refractivity contribution in [3.63, 3.8) is 0 Å². The minimum Gasteiger partial charge on any atom is -0.495 e. The van der Waals surface area contributed by atoms with Crippen LogP contribution in [0.5, 0.6) is 5.75 Å². The largest absolute Gasteiger partial charge is 0.495 e. The molecule has 4 rings (SSSR count). The van der Waals surface area contributed by atoms with Crippen LogP contribution in [0, 0.1) is 5.41 Å². The minimum atomic E-state index is -0.416. The first-order valence-corrected chi connectivity index (χ1v) is 8.98. The fourth-order valence-electron chi connectivity index (χ4n) is 3.41. The first-order chi connectivity index (χ1) is 12.6. The zero-order valence-electron chi connectivity index (χ0n) is 15.1. The van der Waals surface area contributed by atoms with Gasteiger partial charge in [-0.05, 0) is 50.2 Å². The van der Waals surface area contributed by atoms with Crippen LogP contribution in [0.25, 0.3) is 11.6 Å². The molecule has 2 aliphatic rings. The van der Waals surface area contributed by atoms with E-state index in [0.29, 0.717) is 22.7 Å². The van der Waals surface area contributed by atoms with E-state index < -0.39 is 6.04 Å². The lowest BCUT2D eigenvalue weighted by Gasteiger charge is -2.33. The van der Waals surface area contributed by atoms with Gasteiger partial charge in [0, 0.05) is 13.1 Å². The van der Waals surface area contributed by atoms with E-state index in [2.05, 4.69) is 20.5 Å². The number of amides is 1. The van der Waals surface area contributed by atoms with Crippen molar-refractivity contribution in [3.05, 3.63) is 18.3 Å². The zero-order chi connectivity index (χ0) is 18.1. The van der Waals surface area contributed by atoms with E-state index in [4.69, 9.17) is 9.15 Å². The molecule has 0 bridgehead atoms. The molecule has 1 spiro atoms. The van der Waals surface area contributed by atoms with Crippen molar-refractivity contribution in [2.75, 3.05) is 25.5 Å². The second kappa shape index (κ2) is 6.59. The quantitative estimate of drug-likeness (QED) is 0.878. The van der Waals surface area contributed by atoms with E-state index in [1.807, 2.05) is 11.8 Å². The van der Waals surface area contributed by atoms with Crippen molar-refractivity contribution < 1.29 is 13.9 Å². The number of hydrogen-bond acceptors (Lipinski definition) is 7. The summed E-state index contributed by atoms with van der Waals surface area (Å²) in [6.07, 6.45) is 6.49. The summed E-state index contributed by atoms with van der Waals surface area (Å²) in [5.74, 6) is 1.02. The smallest absolute Gasteiger partial charge is 0.316 e. The van der Waals surface area contributed by atoms with E-state index in [0.717, 1.165) is 25.9 Å². The van der Waals surface area contributed by atoms with Crippen molar-refractivity contribution >= 4 is 11.9 Å². The van der Waals surface area contributed by atoms with Gasteiger partial charge in [0.2, 0.25) is 5.91 Å². The first-order valence-electron chi connectivity index (χ1n) is 8.98. The van der Waals surface area contributed by atoms with Crippen molar-refractivity contribution in [3.8, 4) is 17.3 Å². The number of pyridine rings is 1. The van der Waals surface area contributed by atoms with Gasteiger partial charge in [-0.15, -0.1) is 5.10 Å². The topological polar surface area (TPSA) is 93.4 Å². The maximum Gasteiger partial charge on any atom is 0.316 e. The third kappa shape index (κ3) is 3.36. The lowest BCUT2D eigenvalue weighted by molar-refractivity contribution is -0.133. The molecule has 0 unspecified atom stereocenters. The van der Waals surface area contributed by atoms with Crippen molar-refractivity contribution in [1.29, 1.82) is 0 Å². The van der Waals surface area contributed by atoms with Gasteiger partial charge in [-0.2, -0.15) is 0 Å². The molecule has 1 saturated carbocycles. The Morgan fingerprint density at radius 2 is 2.04 bits per heavy atom. The van der Waals surface area contributed by atoms with Crippen LogP contribution in [0.15, 0.2) is 22.7 Å². The monoisotopic (exact) mass is 357 g/mol. The van der Waals surface area contributed by atoms with Gasteiger partial charge >= 0.3 is 6.01 Å². The van der Waals surface area contributed by atoms with Gasteiger partial charge in [0.25, 0.3) is 5.89 Å². The number of likely N-dealkylation sites (tertiary alicyclic amines) is 1. The van der Waals surface area contributed by atoms with Crippen LogP contribution < -0.4 is 10.1 Å². The maximum absolute atomic E-state index is 12.6. The molecule has 26 heavy (non-hydrogen) atoms. The van der Waals surface area contributed by atoms with Gasteiger partial charge in [0.1, 0.15) is 17.5 Å². The Balaban J connectivity index is 1.36. The molecule has 8 nitrogen and oxygen atoms in total. The number of methoxy groups -OCH3 is 1. The Hall–Kier alpha value is -2.64. The predicted octanol–water partition coefficient (Wildman–Crippen LogP) is 2.34. The summed E-state index contributed by atoms with van der Waals surface area (Å²) in [5, 5.41) is 11.0. The molecule has 1 N–H and O–H groups in total. The molecular weight excluding hydrogens is 334 g/mol. The summed E-state index contributed by atoms with van der Waals surface area (Å²) in [6, 6.07) is 3.32. The summed E-state index contributed by atoms with van der Waals surface area (Å²) in [5.41, 5.74) is 1.11. The molecule has 2 fully saturated rings. The lowest BCUT2D eigenvalue weighted by Crippen LogP contribution is -2.45. The van der Waals surface area contributed by atoms with E-state index in [-0.39, 0.29) is 11.9 Å². The van der Waals surface area contributed by atoms with Crippen LogP contribution in [0.2, 0.25) is 0 Å². The molecule has 1 atom stereocenters. The molecule has 138 valence electrons. The Morgan fingerprint density at radius 1 is 1.27 bits per heavy atom. The van der Waals surface area contributed by atoms with E-state index in [1.54, 1.807) is 25.4 Å². The molecule has 0 radical (unpaired) electrons. The van der Waals surface area contributed by atoms with Gasteiger partial charge in [-0.25, -0.2) is 4.98 Å². The number of carbonyl (C=O) groups excluding carboxylic acids is 1. The second-order valence-corrected chi connectivity index (χ2v) is 7.19. The van der Waals surface area contributed by atoms with E-state index >= 15 is 0 Å². The Morgan fingerprint density at radius 3 is 2.65 bits per heavy atom. The summed E-state index contributed by atoms with van der Waals surface area (Å²) in [4.78, 5) is 18.8. The summed E-state index contributed by atoms with van der Waals surface area (Å²) in [7, 11) is 1.58.